The van der Waals surface area contributed by atoms with E-state index < -0.39 is 6.43 Å². The van der Waals surface area contributed by atoms with Crippen molar-refractivity contribution < 1.29 is 18.3 Å². The van der Waals surface area contributed by atoms with Gasteiger partial charge in [0.2, 0.25) is 11.9 Å². The third kappa shape index (κ3) is 4.38. The van der Waals surface area contributed by atoms with Crippen molar-refractivity contribution >= 4 is 17.7 Å². The van der Waals surface area contributed by atoms with Crippen molar-refractivity contribution in [3.05, 3.63) is 17.8 Å². The van der Waals surface area contributed by atoms with Gasteiger partial charge in [0.25, 0.3) is 6.43 Å². The van der Waals surface area contributed by atoms with Gasteiger partial charge in [-0.25, -0.2) is 13.8 Å². The van der Waals surface area contributed by atoms with E-state index in [-0.39, 0.29) is 40.9 Å². The molecule has 0 saturated carbocycles. The molecular formula is C20H27F2N7O2. The van der Waals surface area contributed by atoms with E-state index in [4.69, 9.17) is 20.2 Å². The van der Waals surface area contributed by atoms with Gasteiger partial charge in [-0.05, 0) is 26.8 Å². The first kappa shape index (κ1) is 21.6. The Hall–Kier alpha value is -2.66. The van der Waals surface area contributed by atoms with Crippen molar-refractivity contribution in [1.82, 2.24) is 19.9 Å². The van der Waals surface area contributed by atoms with E-state index in [1.54, 1.807) is 0 Å². The summed E-state index contributed by atoms with van der Waals surface area (Å²) in [5.41, 5.74) is 5.54. The first-order valence-electron chi connectivity index (χ1n) is 10.4. The standard InChI is InChI=1S/C20H27F2N7O2/c1-11-8-30-5-4-28(11)19-25-18(15-7-24-16(23)6-14(15)17(21)22)26-20(27-19)29-12(2)9-31-10-13(29)3/h6-7,11-13,17H,4-5,8-10H2,1-3H3,(H2,23,24)/t11-,12?,13?/m1/s1. The lowest BCUT2D eigenvalue weighted by Crippen LogP contribution is -2.51. The molecule has 2 unspecified atom stereocenters. The molecule has 0 spiro atoms. The number of hydrogen-bond donors (Lipinski definition) is 1. The Morgan fingerprint density at radius 1 is 1.00 bits per heavy atom. The van der Waals surface area contributed by atoms with Gasteiger partial charge in [-0.2, -0.15) is 15.0 Å². The van der Waals surface area contributed by atoms with Crippen LogP contribution in [0, 0.1) is 0 Å². The van der Waals surface area contributed by atoms with Gasteiger partial charge in [0, 0.05) is 23.9 Å². The van der Waals surface area contributed by atoms with E-state index in [1.165, 1.54) is 12.3 Å². The number of nitrogen functional groups attached to an aromatic ring is 1. The van der Waals surface area contributed by atoms with Crippen molar-refractivity contribution in [3.63, 3.8) is 0 Å². The maximum Gasteiger partial charge on any atom is 0.264 e. The van der Waals surface area contributed by atoms with Crippen LogP contribution in [0.15, 0.2) is 12.3 Å². The van der Waals surface area contributed by atoms with Crippen molar-refractivity contribution in [2.45, 2.75) is 45.3 Å². The van der Waals surface area contributed by atoms with Crippen LogP contribution in [-0.2, 0) is 9.47 Å². The summed E-state index contributed by atoms with van der Waals surface area (Å²) in [4.78, 5) is 22.0. The van der Waals surface area contributed by atoms with Gasteiger partial charge >= 0.3 is 0 Å². The zero-order valence-corrected chi connectivity index (χ0v) is 17.8. The molecule has 0 bridgehead atoms. The van der Waals surface area contributed by atoms with Crippen LogP contribution in [0.5, 0.6) is 0 Å². The summed E-state index contributed by atoms with van der Waals surface area (Å²) in [6.07, 6.45) is -1.44. The Bertz CT molecular complexity index is 922. The molecule has 11 heteroatoms. The molecule has 2 aliphatic rings. The van der Waals surface area contributed by atoms with Crippen LogP contribution >= 0.6 is 0 Å². The molecule has 4 rings (SSSR count). The highest BCUT2D eigenvalue weighted by molar-refractivity contribution is 5.64. The molecule has 4 heterocycles. The van der Waals surface area contributed by atoms with E-state index in [9.17, 15) is 8.78 Å². The number of morpholine rings is 2. The molecule has 2 N–H and O–H groups in total. The average molecular weight is 435 g/mol. The molecule has 9 nitrogen and oxygen atoms in total. The minimum Gasteiger partial charge on any atom is -0.384 e. The van der Waals surface area contributed by atoms with Gasteiger partial charge in [0.05, 0.1) is 44.6 Å². The normalized spacial score (nSPS) is 24.6. The lowest BCUT2D eigenvalue weighted by Gasteiger charge is -2.39. The number of aromatic nitrogens is 4. The second kappa shape index (κ2) is 8.83. The van der Waals surface area contributed by atoms with Gasteiger partial charge in [-0.3, -0.25) is 0 Å². The van der Waals surface area contributed by atoms with Crippen LogP contribution < -0.4 is 15.5 Å². The molecule has 168 valence electrons. The molecule has 2 aromatic rings. The maximum atomic E-state index is 13.8. The Morgan fingerprint density at radius 2 is 1.68 bits per heavy atom. The summed E-state index contributed by atoms with van der Waals surface area (Å²) in [7, 11) is 0. The summed E-state index contributed by atoms with van der Waals surface area (Å²) in [5.74, 6) is 1.02. The van der Waals surface area contributed by atoms with E-state index in [0.29, 0.717) is 44.9 Å². The van der Waals surface area contributed by atoms with Crippen LogP contribution in [0.3, 0.4) is 0 Å². The fraction of sp³-hybridized carbons (Fsp3) is 0.600. The molecule has 2 saturated heterocycles. The first-order chi connectivity index (χ1) is 14.8. The van der Waals surface area contributed by atoms with E-state index in [2.05, 4.69) is 19.9 Å². The van der Waals surface area contributed by atoms with Crippen LogP contribution in [0.2, 0.25) is 0 Å². The van der Waals surface area contributed by atoms with Gasteiger partial charge in [0.15, 0.2) is 5.82 Å². The average Bonchev–Trinajstić information content (AvgIpc) is 2.73. The smallest absolute Gasteiger partial charge is 0.264 e. The topological polar surface area (TPSA) is 103 Å². The minimum atomic E-state index is -2.74. The predicted octanol–water partition coefficient (Wildman–Crippen LogP) is 2.29. The lowest BCUT2D eigenvalue weighted by molar-refractivity contribution is 0.0746. The number of anilines is 3. The Morgan fingerprint density at radius 3 is 2.35 bits per heavy atom. The van der Waals surface area contributed by atoms with Crippen LogP contribution in [0.25, 0.3) is 11.4 Å². The van der Waals surface area contributed by atoms with E-state index >= 15 is 0 Å². The summed E-state index contributed by atoms with van der Waals surface area (Å²) >= 11 is 0. The van der Waals surface area contributed by atoms with Crippen molar-refractivity contribution in [1.29, 1.82) is 0 Å². The molecule has 0 amide bonds. The number of halogens is 2. The Labute approximate surface area is 179 Å². The van der Waals surface area contributed by atoms with Crippen LogP contribution in [0.4, 0.5) is 26.5 Å². The number of rotatable bonds is 4. The highest BCUT2D eigenvalue weighted by Crippen LogP contribution is 2.32. The van der Waals surface area contributed by atoms with Crippen molar-refractivity contribution in [2.24, 2.45) is 0 Å². The number of hydrogen-bond acceptors (Lipinski definition) is 9. The molecular weight excluding hydrogens is 408 g/mol. The molecule has 3 atom stereocenters. The largest absolute Gasteiger partial charge is 0.384 e. The lowest BCUT2D eigenvalue weighted by atomic mass is 10.1. The van der Waals surface area contributed by atoms with Crippen molar-refractivity contribution in [2.75, 3.05) is 48.5 Å². The molecule has 0 radical (unpaired) electrons. The predicted molar refractivity (Wildman–Crippen MR) is 112 cm³/mol. The number of alkyl halides is 2. The first-order valence-corrected chi connectivity index (χ1v) is 10.4. The fourth-order valence-electron chi connectivity index (χ4n) is 4.00. The second-order valence-electron chi connectivity index (χ2n) is 8.02. The van der Waals surface area contributed by atoms with Crippen molar-refractivity contribution in [3.8, 4) is 11.4 Å². The third-order valence-electron chi connectivity index (χ3n) is 5.57. The summed E-state index contributed by atoms with van der Waals surface area (Å²) in [6, 6.07) is 1.25. The van der Waals surface area contributed by atoms with E-state index in [1.807, 2.05) is 25.7 Å². The van der Waals surface area contributed by atoms with Gasteiger partial charge in [-0.1, -0.05) is 0 Å². The number of nitrogens with zero attached hydrogens (tertiary/aromatic N) is 6. The number of nitrogens with two attached hydrogens (primary N) is 1. The molecule has 31 heavy (non-hydrogen) atoms. The summed E-state index contributed by atoms with van der Waals surface area (Å²) < 4.78 is 38.7. The third-order valence-corrected chi connectivity index (χ3v) is 5.57. The number of ether oxygens (including phenoxy) is 2. The van der Waals surface area contributed by atoms with Crippen LogP contribution in [0.1, 0.15) is 32.8 Å². The maximum absolute atomic E-state index is 13.8. The summed E-state index contributed by atoms with van der Waals surface area (Å²) in [6.45, 7) is 8.78. The van der Waals surface area contributed by atoms with Gasteiger partial charge < -0.3 is 25.0 Å². The Kier molecular flexibility index (Phi) is 6.15. The monoisotopic (exact) mass is 435 g/mol. The zero-order valence-electron chi connectivity index (χ0n) is 17.8. The molecule has 2 fully saturated rings. The Balaban J connectivity index is 1.86. The van der Waals surface area contributed by atoms with Gasteiger partial charge in [-0.15, -0.1) is 0 Å². The fourth-order valence-corrected chi connectivity index (χ4v) is 4.00. The van der Waals surface area contributed by atoms with Gasteiger partial charge in [0.1, 0.15) is 5.82 Å². The molecule has 2 aromatic heterocycles. The second-order valence-corrected chi connectivity index (χ2v) is 8.02. The quantitative estimate of drug-likeness (QED) is 0.775. The SMILES string of the molecule is CC1COCC(C)N1c1nc(-c2cnc(N)cc2C(F)F)nc(N2CCOC[C@H]2C)n1. The highest BCUT2D eigenvalue weighted by Gasteiger charge is 2.31. The molecule has 0 aromatic carbocycles. The highest BCUT2D eigenvalue weighted by atomic mass is 19.3. The minimum absolute atomic E-state index is 0.0192. The molecule has 2 aliphatic heterocycles. The number of pyridine rings is 1. The zero-order chi connectivity index (χ0) is 22.1. The summed E-state index contributed by atoms with van der Waals surface area (Å²) in [5, 5.41) is 0. The molecule has 0 aliphatic carbocycles. The van der Waals surface area contributed by atoms with E-state index in [0.717, 1.165) is 0 Å². The van der Waals surface area contributed by atoms with Crippen LogP contribution in [-0.4, -0.2) is 71.0 Å².